The molecule has 1 aromatic heterocycles. The van der Waals surface area contributed by atoms with Gasteiger partial charge in [-0.15, -0.1) is 11.3 Å². The maximum Gasteiger partial charge on any atom is 0.387 e. The predicted octanol–water partition coefficient (Wildman–Crippen LogP) is 5.49. The van der Waals surface area contributed by atoms with E-state index in [9.17, 15) is 8.78 Å². The summed E-state index contributed by atoms with van der Waals surface area (Å²) in [6.45, 7) is -2.84. The summed E-state index contributed by atoms with van der Waals surface area (Å²) in [4.78, 5) is 0.718. The Balaban J connectivity index is 2.32. The number of ether oxygens (including phenoxy) is 1. The minimum Gasteiger partial charge on any atom is -0.434 e. The SMILES string of the molecule is FC(F)Oc1ccccc1C(Br)c1ccc(Cl)s1. The molecule has 0 fully saturated rings. The third-order valence-electron chi connectivity index (χ3n) is 2.25. The smallest absolute Gasteiger partial charge is 0.387 e. The van der Waals surface area contributed by atoms with Crippen LogP contribution in [-0.2, 0) is 0 Å². The summed E-state index contributed by atoms with van der Waals surface area (Å²) in [5.41, 5.74) is 0.649. The minimum absolute atomic E-state index is 0.166. The fourth-order valence-corrected chi connectivity index (χ4v) is 3.38. The molecule has 1 unspecified atom stereocenters. The largest absolute Gasteiger partial charge is 0.434 e. The Bertz CT molecular complexity index is 532. The summed E-state index contributed by atoms with van der Waals surface area (Å²) in [6, 6.07) is 10.3. The first-order chi connectivity index (χ1) is 8.58. The van der Waals surface area contributed by atoms with Crippen molar-refractivity contribution in [2.24, 2.45) is 0 Å². The summed E-state index contributed by atoms with van der Waals surface area (Å²) >= 11 is 10.7. The van der Waals surface area contributed by atoms with E-state index >= 15 is 0 Å². The Hall–Kier alpha value is -0.650. The van der Waals surface area contributed by atoms with Gasteiger partial charge in [-0.3, -0.25) is 0 Å². The molecule has 6 heteroatoms. The quantitative estimate of drug-likeness (QED) is 0.661. The molecule has 1 atom stereocenters. The number of hydrogen-bond acceptors (Lipinski definition) is 2. The highest BCUT2D eigenvalue weighted by Gasteiger charge is 2.18. The molecular weight excluding hydrogens is 346 g/mol. The van der Waals surface area contributed by atoms with Crippen LogP contribution in [0.3, 0.4) is 0 Å². The van der Waals surface area contributed by atoms with Gasteiger partial charge in [0.15, 0.2) is 0 Å². The highest BCUT2D eigenvalue weighted by molar-refractivity contribution is 9.09. The van der Waals surface area contributed by atoms with E-state index in [0.717, 1.165) is 4.88 Å². The highest BCUT2D eigenvalue weighted by atomic mass is 79.9. The van der Waals surface area contributed by atoms with Crippen LogP contribution >= 0.6 is 38.9 Å². The van der Waals surface area contributed by atoms with Gasteiger partial charge < -0.3 is 4.74 Å². The molecule has 0 bridgehead atoms. The maximum absolute atomic E-state index is 12.3. The van der Waals surface area contributed by atoms with Gasteiger partial charge in [0.05, 0.1) is 9.16 Å². The van der Waals surface area contributed by atoms with Gasteiger partial charge in [-0.25, -0.2) is 0 Å². The Morgan fingerprint density at radius 2 is 1.89 bits per heavy atom. The molecule has 0 aliphatic carbocycles. The Morgan fingerprint density at radius 3 is 2.50 bits per heavy atom. The molecule has 2 rings (SSSR count). The Labute approximate surface area is 120 Å². The lowest BCUT2D eigenvalue weighted by molar-refractivity contribution is -0.0503. The molecule has 1 aromatic carbocycles. The average Bonchev–Trinajstić information content (AvgIpc) is 2.75. The van der Waals surface area contributed by atoms with Crippen molar-refractivity contribution in [2.75, 3.05) is 0 Å². The van der Waals surface area contributed by atoms with Crippen LogP contribution < -0.4 is 4.74 Å². The highest BCUT2D eigenvalue weighted by Crippen LogP contribution is 2.40. The first kappa shape index (κ1) is 13.8. The maximum atomic E-state index is 12.3. The van der Waals surface area contributed by atoms with Crippen LogP contribution in [0.2, 0.25) is 4.34 Å². The molecule has 0 spiro atoms. The molecular formula is C12H8BrClF2OS. The molecule has 0 N–H and O–H groups in total. The number of benzene rings is 1. The number of alkyl halides is 3. The van der Waals surface area contributed by atoms with Gasteiger partial charge in [0, 0.05) is 10.4 Å². The van der Waals surface area contributed by atoms with Crippen LogP contribution in [0.25, 0.3) is 0 Å². The molecule has 0 aliphatic rings. The summed E-state index contributed by atoms with van der Waals surface area (Å²) in [5.74, 6) is 0.166. The molecule has 18 heavy (non-hydrogen) atoms. The van der Waals surface area contributed by atoms with Gasteiger partial charge in [-0.05, 0) is 18.2 Å². The molecule has 2 aromatic rings. The monoisotopic (exact) mass is 352 g/mol. The fraction of sp³-hybridized carbons (Fsp3) is 0.167. The molecule has 0 aliphatic heterocycles. The Kier molecular flexibility index (Phi) is 4.59. The van der Waals surface area contributed by atoms with E-state index in [1.807, 2.05) is 6.07 Å². The van der Waals surface area contributed by atoms with Crippen molar-refractivity contribution in [1.29, 1.82) is 0 Å². The molecule has 0 saturated carbocycles. The lowest BCUT2D eigenvalue weighted by Gasteiger charge is -2.14. The van der Waals surface area contributed by atoms with Crippen molar-refractivity contribution in [1.82, 2.24) is 0 Å². The van der Waals surface area contributed by atoms with Gasteiger partial charge >= 0.3 is 6.61 Å². The van der Waals surface area contributed by atoms with Gasteiger partial charge in [0.2, 0.25) is 0 Å². The van der Waals surface area contributed by atoms with E-state index in [1.54, 1.807) is 24.3 Å². The third kappa shape index (κ3) is 3.22. The third-order valence-corrected chi connectivity index (χ3v) is 4.84. The van der Waals surface area contributed by atoms with Gasteiger partial charge in [0.1, 0.15) is 5.75 Å². The van der Waals surface area contributed by atoms with Crippen LogP contribution in [0, 0.1) is 0 Å². The van der Waals surface area contributed by atoms with Crippen molar-refractivity contribution in [2.45, 2.75) is 11.4 Å². The standard InChI is InChI=1S/C12H8BrClF2OS/c13-11(9-5-6-10(14)18-9)7-3-1-2-4-8(7)17-12(15)16/h1-6,11-12H. The number of thiophene rings is 1. The van der Waals surface area contributed by atoms with E-state index in [-0.39, 0.29) is 10.6 Å². The van der Waals surface area contributed by atoms with E-state index in [0.29, 0.717) is 9.90 Å². The Morgan fingerprint density at radius 1 is 1.17 bits per heavy atom. The molecule has 1 nitrogen and oxygen atoms in total. The van der Waals surface area contributed by atoms with Crippen molar-refractivity contribution >= 4 is 38.9 Å². The second kappa shape index (κ2) is 5.99. The fourth-order valence-electron chi connectivity index (χ4n) is 1.51. The van der Waals surface area contributed by atoms with E-state index in [4.69, 9.17) is 11.6 Å². The second-order valence-electron chi connectivity index (χ2n) is 3.42. The predicted molar refractivity (Wildman–Crippen MR) is 73.2 cm³/mol. The van der Waals surface area contributed by atoms with Crippen LogP contribution in [0.5, 0.6) is 5.75 Å². The zero-order valence-corrected chi connectivity index (χ0v) is 12.1. The summed E-state index contributed by atoms with van der Waals surface area (Å²) in [6.07, 6.45) is 0. The lowest BCUT2D eigenvalue weighted by Crippen LogP contribution is -2.05. The average molecular weight is 354 g/mol. The molecule has 0 saturated heterocycles. The van der Waals surface area contributed by atoms with E-state index in [1.165, 1.54) is 17.4 Å². The summed E-state index contributed by atoms with van der Waals surface area (Å²) in [5, 5.41) is 0. The molecule has 0 radical (unpaired) electrons. The number of halogens is 4. The van der Waals surface area contributed by atoms with Crippen molar-refractivity contribution in [3.63, 3.8) is 0 Å². The van der Waals surface area contributed by atoms with Crippen LogP contribution in [0.4, 0.5) is 8.78 Å². The van der Waals surface area contributed by atoms with Gasteiger partial charge in [-0.2, -0.15) is 8.78 Å². The second-order valence-corrected chi connectivity index (χ2v) is 6.08. The molecule has 96 valence electrons. The number of para-hydroxylation sites is 1. The first-order valence-electron chi connectivity index (χ1n) is 5.01. The normalized spacial score (nSPS) is 12.7. The summed E-state index contributed by atoms with van der Waals surface area (Å²) in [7, 11) is 0. The lowest BCUT2D eigenvalue weighted by atomic mass is 10.1. The number of hydrogen-bond donors (Lipinski definition) is 0. The first-order valence-corrected chi connectivity index (χ1v) is 7.12. The number of rotatable bonds is 4. The van der Waals surface area contributed by atoms with Crippen LogP contribution in [-0.4, -0.2) is 6.61 Å². The summed E-state index contributed by atoms with van der Waals surface area (Å²) < 4.78 is 29.8. The van der Waals surface area contributed by atoms with Gasteiger partial charge in [-0.1, -0.05) is 45.7 Å². The van der Waals surface area contributed by atoms with Crippen molar-refractivity contribution in [3.05, 3.63) is 51.2 Å². The van der Waals surface area contributed by atoms with E-state index < -0.39 is 6.61 Å². The minimum atomic E-state index is -2.84. The van der Waals surface area contributed by atoms with Crippen LogP contribution in [0.15, 0.2) is 36.4 Å². The van der Waals surface area contributed by atoms with Gasteiger partial charge in [0.25, 0.3) is 0 Å². The molecule has 0 amide bonds. The zero-order valence-electron chi connectivity index (χ0n) is 8.95. The van der Waals surface area contributed by atoms with Crippen LogP contribution in [0.1, 0.15) is 15.3 Å². The topological polar surface area (TPSA) is 9.23 Å². The van der Waals surface area contributed by atoms with Crippen molar-refractivity contribution in [3.8, 4) is 5.75 Å². The molecule has 1 heterocycles. The van der Waals surface area contributed by atoms with Crippen molar-refractivity contribution < 1.29 is 13.5 Å². The zero-order chi connectivity index (χ0) is 13.1. The van der Waals surface area contributed by atoms with E-state index in [2.05, 4.69) is 20.7 Å².